The van der Waals surface area contributed by atoms with Crippen LogP contribution in [0, 0.1) is 30.4 Å². The topological polar surface area (TPSA) is 78.1 Å². The van der Waals surface area contributed by atoms with Gasteiger partial charge in [-0.3, -0.25) is 14.3 Å². The zero-order valence-corrected chi connectivity index (χ0v) is 24.1. The number of carbonyl (C=O) groups excluding carboxylic acids is 1. The second-order valence-corrected chi connectivity index (χ2v) is 11.7. The molecular weight excluding hydrogens is 550 g/mol. The molecule has 3 aromatic heterocycles. The molecule has 1 saturated carbocycles. The van der Waals surface area contributed by atoms with Crippen molar-refractivity contribution < 1.29 is 18.4 Å². The molecule has 0 radical (unpaired) electrons. The summed E-state index contributed by atoms with van der Waals surface area (Å²) in [5.41, 5.74) is 5.48. The monoisotopic (exact) mass is 582 g/mol. The smallest absolute Gasteiger partial charge is 0.159 e. The van der Waals surface area contributed by atoms with Crippen LogP contribution in [-0.4, -0.2) is 48.5 Å². The van der Waals surface area contributed by atoms with E-state index in [0.717, 1.165) is 64.7 Å². The molecule has 4 heterocycles. The minimum absolute atomic E-state index is 0.0297. The predicted octanol–water partition coefficient (Wildman–Crippen LogP) is 5.92. The van der Waals surface area contributed by atoms with Gasteiger partial charge in [0.25, 0.3) is 0 Å². The molecule has 0 N–H and O–H groups in total. The molecule has 5 aromatic rings. The first kappa shape index (κ1) is 27.5. The molecule has 10 heteroatoms. The number of aromatic nitrogens is 5. The minimum atomic E-state index is -0.916. The minimum Gasteiger partial charge on any atom is -0.299 e. The van der Waals surface area contributed by atoms with E-state index in [0.29, 0.717) is 18.0 Å². The quantitative estimate of drug-likeness (QED) is 0.215. The number of hydroxylamine groups is 2. The summed E-state index contributed by atoms with van der Waals surface area (Å²) in [4.78, 5) is 24.6. The van der Waals surface area contributed by atoms with Gasteiger partial charge >= 0.3 is 0 Å². The maximum Gasteiger partial charge on any atom is 0.159 e. The van der Waals surface area contributed by atoms with Crippen LogP contribution in [0.1, 0.15) is 42.2 Å². The number of carbonyl (C=O) groups is 1. The van der Waals surface area contributed by atoms with E-state index in [1.165, 1.54) is 6.07 Å². The molecule has 7 rings (SSSR count). The summed E-state index contributed by atoms with van der Waals surface area (Å²) in [6.45, 7) is 3.33. The Morgan fingerprint density at radius 3 is 2.63 bits per heavy atom. The largest absolute Gasteiger partial charge is 0.299 e. The van der Waals surface area contributed by atoms with Crippen molar-refractivity contribution in [1.29, 1.82) is 0 Å². The fraction of sp³-hybridized carbons (Fsp3) is 0.333. The second-order valence-electron chi connectivity index (χ2n) is 11.7. The van der Waals surface area contributed by atoms with E-state index < -0.39 is 17.7 Å². The maximum absolute atomic E-state index is 14.2. The summed E-state index contributed by atoms with van der Waals surface area (Å²) in [7, 11) is 1.85. The van der Waals surface area contributed by atoms with Crippen molar-refractivity contribution in [3.05, 3.63) is 95.4 Å². The third kappa shape index (κ3) is 5.48. The molecule has 1 saturated heterocycles. The van der Waals surface area contributed by atoms with Crippen molar-refractivity contribution in [1.82, 2.24) is 29.6 Å². The summed E-state index contributed by atoms with van der Waals surface area (Å²) in [6.07, 6.45) is 5.77. The van der Waals surface area contributed by atoms with Gasteiger partial charge in [-0.2, -0.15) is 15.3 Å². The number of ketones is 1. The number of benzene rings is 2. The van der Waals surface area contributed by atoms with Crippen molar-refractivity contribution in [3.8, 4) is 16.9 Å². The molecule has 2 aliphatic rings. The van der Waals surface area contributed by atoms with Gasteiger partial charge in [-0.1, -0.05) is 24.3 Å². The number of pyridine rings is 1. The zero-order chi connectivity index (χ0) is 29.7. The molecule has 2 aromatic carbocycles. The van der Waals surface area contributed by atoms with Crippen LogP contribution in [0.15, 0.2) is 67.0 Å². The van der Waals surface area contributed by atoms with E-state index in [4.69, 9.17) is 9.94 Å². The first-order valence-corrected chi connectivity index (χ1v) is 14.6. The number of aryl methyl sites for hydroxylation is 1. The van der Waals surface area contributed by atoms with Crippen LogP contribution < -0.4 is 0 Å². The number of nitrogens with zero attached hydrogens (tertiary/aromatic N) is 6. The molecule has 43 heavy (non-hydrogen) atoms. The number of para-hydroxylation sites is 1. The summed E-state index contributed by atoms with van der Waals surface area (Å²) in [6, 6.07) is 15.6. The van der Waals surface area contributed by atoms with Gasteiger partial charge in [0.1, 0.15) is 11.9 Å². The third-order valence-electron chi connectivity index (χ3n) is 8.50. The zero-order valence-electron chi connectivity index (χ0n) is 24.1. The molecule has 220 valence electrons. The Morgan fingerprint density at radius 2 is 1.86 bits per heavy atom. The summed E-state index contributed by atoms with van der Waals surface area (Å²) in [5, 5.41) is 12.1. The molecule has 1 aliphatic heterocycles. The van der Waals surface area contributed by atoms with E-state index >= 15 is 0 Å². The van der Waals surface area contributed by atoms with E-state index in [9.17, 15) is 13.6 Å². The van der Waals surface area contributed by atoms with Crippen molar-refractivity contribution in [2.24, 2.45) is 18.9 Å². The van der Waals surface area contributed by atoms with E-state index in [2.05, 4.69) is 10.1 Å². The molecule has 1 aliphatic carbocycles. The average Bonchev–Trinajstić information content (AvgIpc) is 3.49. The summed E-state index contributed by atoms with van der Waals surface area (Å²) in [5.74, 6) is -1.40. The van der Waals surface area contributed by atoms with Crippen LogP contribution in [0.2, 0.25) is 0 Å². The predicted molar refractivity (Wildman–Crippen MR) is 157 cm³/mol. The van der Waals surface area contributed by atoms with Crippen LogP contribution >= 0.6 is 0 Å². The van der Waals surface area contributed by atoms with Crippen molar-refractivity contribution >= 4 is 16.8 Å². The molecule has 0 amide bonds. The van der Waals surface area contributed by atoms with Crippen molar-refractivity contribution in [2.75, 3.05) is 13.1 Å². The molecule has 0 spiro atoms. The fourth-order valence-electron chi connectivity index (χ4n) is 6.07. The molecular formula is C33H32F2N6O2. The molecule has 0 bridgehead atoms. The van der Waals surface area contributed by atoms with Gasteiger partial charge in [0.05, 0.1) is 23.3 Å². The first-order valence-electron chi connectivity index (χ1n) is 14.6. The van der Waals surface area contributed by atoms with Gasteiger partial charge in [0.15, 0.2) is 17.3 Å². The fourth-order valence-corrected chi connectivity index (χ4v) is 6.07. The Bertz CT molecular complexity index is 1810. The van der Waals surface area contributed by atoms with E-state index in [1.807, 2.05) is 60.1 Å². The lowest BCUT2D eigenvalue weighted by atomic mass is 9.90. The molecule has 2 fully saturated rings. The van der Waals surface area contributed by atoms with E-state index in [1.54, 1.807) is 23.1 Å². The van der Waals surface area contributed by atoms with Crippen molar-refractivity contribution in [2.45, 2.75) is 38.7 Å². The standard InChI is InChI=1S/C33H32F2N6O2/c1-20-30(41(26-6-4-3-5-7-26)38-31(20)23-12-24-17-37-39(2)33(24)36-16-23)15-27(42)13-25-19-40(18-21-8-9-21)43-32(25)22-10-11-28(34)29(35)14-22/h3-7,10-12,14,16-17,21,25,32H,8-9,13,15,18-19H2,1-2H3/t25-,32+/m1/s1. The molecule has 0 unspecified atom stereocenters. The summed E-state index contributed by atoms with van der Waals surface area (Å²) >= 11 is 0. The first-order chi connectivity index (χ1) is 20.8. The Labute approximate surface area is 247 Å². The Morgan fingerprint density at radius 1 is 1.05 bits per heavy atom. The Hall–Kier alpha value is -4.28. The van der Waals surface area contributed by atoms with Gasteiger partial charge in [0.2, 0.25) is 0 Å². The van der Waals surface area contributed by atoms with Crippen LogP contribution in [-0.2, 0) is 23.1 Å². The van der Waals surface area contributed by atoms with Crippen molar-refractivity contribution in [3.63, 3.8) is 0 Å². The molecule has 8 nitrogen and oxygen atoms in total. The SMILES string of the molecule is Cc1c(-c2cnc3c(cnn3C)c2)nn(-c2ccccc2)c1CC(=O)C[C@@H]1CN(CC2CC2)O[C@H]1c1ccc(F)c(F)c1. The van der Waals surface area contributed by atoms with Gasteiger partial charge < -0.3 is 0 Å². The third-order valence-corrected chi connectivity index (χ3v) is 8.50. The van der Waals surface area contributed by atoms with Crippen LogP contribution in [0.5, 0.6) is 0 Å². The maximum atomic E-state index is 14.2. The van der Waals surface area contributed by atoms with Gasteiger partial charge in [0, 0.05) is 56.0 Å². The number of fused-ring (bicyclic) bond motifs is 1. The Kier molecular flexibility index (Phi) is 7.10. The number of halogens is 2. The second kappa shape index (κ2) is 11.1. The number of hydrogen-bond donors (Lipinski definition) is 0. The Balaban J connectivity index is 1.19. The highest BCUT2D eigenvalue weighted by atomic mass is 19.2. The number of rotatable bonds is 9. The summed E-state index contributed by atoms with van der Waals surface area (Å²) < 4.78 is 31.5. The van der Waals surface area contributed by atoms with Gasteiger partial charge in [-0.05, 0) is 67.1 Å². The number of Topliss-reactive ketones (excluding diaryl/α,β-unsaturated/α-hetero) is 1. The average molecular weight is 583 g/mol. The lowest BCUT2D eigenvalue weighted by molar-refractivity contribution is -0.152. The highest BCUT2D eigenvalue weighted by molar-refractivity contribution is 5.84. The molecule has 2 atom stereocenters. The van der Waals surface area contributed by atoms with Crippen LogP contribution in [0.25, 0.3) is 28.0 Å². The van der Waals surface area contributed by atoms with Gasteiger partial charge in [-0.15, -0.1) is 0 Å². The van der Waals surface area contributed by atoms with E-state index in [-0.39, 0.29) is 24.5 Å². The van der Waals surface area contributed by atoms with Crippen LogP contribution in [0.3, 0.4) is 0 Å². The highest BCUT2D eigenvalue weighted by Gasteiger charge is 2.39. The lowest BCUT2D eigenvalue weighted by Crippen LogP contribution is -2.23. The van der Waals surface area contributed by atoms with Crippen LogP contribution in [0.4, 0.5) is 8.78 Å². The highest BCUT2D eigenvalue weighted by Crippen LogP contribution is 2.40. The lowest BCUT2D eigenvalue weighted by Gasteiger charge is -2.18. The number of hydrogen-bond acceptors (Lipinski definition) is 6. The normalized spacial score (nSPS) is 19.0. The van der Waals surface area contributed by atoms with Gasteiger partial charge in [-0.25, -0.2) is 18.4 Å².